The van der Waals surface area contributed by atoms with Gasteiger partial charge < -0.3 is 5.11 Å². The van der Waals surface area contributed by atoms with Crippen molar-refractivity contribution in [1.29, 1.82) is 0 Å². The van der Waals surface area contributed by atoms with Gasteiger partial charge in [0.15, 0.2) is 0 Å². The summed E-state index contributed by atoms with van der Waals surface area (Å²) >= 11 is 0. The number of carbonyl (C=O) groups is 1. The summed E-state index contributed by atoms with van der Waals surface area (Å²) in [5.74, 6) is 0.720. The zero-order chi connectivity index (χ0) is 9.14. The molecule has 1 aliphatic carbocycles. The predicted octanol–water partition coefficient (Wildman–Crippen LogP) is 1.27. The fourth-order valence-electron chi connectivity index (χ4n) is 1.63. The second-order valence-corrected chi connectivity index (χ2v) is 3.40. The van der Waals surface area contributed by atoms with Crippen molar-refractivity contribution in [1.82, 2.24) is 0 Å². The summed E-state index contributed by atoms with van der Waals surface area (Å²) in [6, 6.07) is 0. The molecule has 2 unspecified atom stereocenters. The molecule has 0 spiro atoms. The molecule has 12 heavy (non-hydrogen) atoms. The van der Waals surface area contributed by atoms with Gasteiger partial charge in [-0.2, -0.15) is 0 Å². The van der Waals surface area contributed by atoms with Crippen molar-refractivity contribution in [3.8, 4) is 0 Å². The molecular weight excluding hydrogens is 156 g/mol. The Morgan fingerprint density at radius 1 is 1.58 bits per heavy atom. The topological polar surface area (TPSA) is 54.4 Å². The van der Waals surface area contributed by atoms with E-state index in [1.165, 1.54) is 0 Å². The molecule has 0 aliphatic heterocycles. The van der Waals surface area contributed by atoms with Crippen LogP contribution in [-0.4, -0.2) is 17.0 Å². The molecule has 0 amide bonds. The highest BCUT2D eigenvalue weighted by Gasteiger charge is 2.29. The minimum atomic E-state index is -0.889. The first-order valence-electron chi connectivity index (χ1n) is 4.11. The third-order valence-electron chi connectivity index (χ3n) is 2.37. The average Bonchev–Trinajstić information content (AvgIpc) is 2.03. The summed E-state index contributed by atoms with van der Waals surface area (Å²) in [6.45, 7) is 2.02. The molecule has 0 saturated heterocycles. The van der Waals surface area contributed by atoms with Crippen LogP contribution in [0.4, 0.5) is 0 Å². The summed E-state index contributed by atoms with van der Waals surface area (Å²) in [7, 11) is 0. The smallest absolute Gasteiger partial charge is 0.311 e. The van der Waals surface area contributed by atoms with Crippen LogP contribution in [0.3, 0.4) is 0 Å². The van der Waals surface area contributed by atoms with Crippen molar-refractivity contribution >= 4 is 11.9 Å². The van der Waals surface area contributed by atoms with Gasteiger partial charge in [0.1, 0.15) is 5.94 Å². The number of hydrogen-bond acceptors (Lipinski definition) is 2. The van der Waals surface area contributed by atoms with Crippen LogP contribution in [0.1, 0.15) is 26.2 Å². The molecule has 0 bridgehead atoms. The highest BCUT2D eigenvalue weighted by atomic mass is 16.4. The largest absolute Gasteiger partial charge is 0.481 e. The van der Waals surface area contributed by atoms with E-state index in [4.69, 9.17) is 5.11 Å². The van der Waals surface area contributed by atoms with E-state index in [0.717, 1.165) is 6.42 Å². The second-order valence-electron chi connectivity index (χ2n) is 3.40. The van der Waals surface area contributed by atoms with Gasteiger partial charge in [0.2, 0.25) is 0 Å². The molecule has 3 nitrogen and oxygen atoms in total. The van der Waals surface area contributed by atoms with Gasteiger partial charge >= 0.3 is 5.97 Å². The Morgan fingerprint density at radius 2 is 2.25 bits per heavy atom. The molecule has 1 rings (SSSR count). The monoisotopic (exact) mass is 168 g/mol. The molecule has 0 aromatic carbocycles. The van der Waals surface area contributed by atoms with Crippen molar-refractivity contribution in [2.75, 3.05) is 0 Å². The van der Waals surface area contributed by atoms with E-state index in [1.54, 1.807) is 5.94 Å². The highest BCUT2D eigenvalue weighted by Crippen LogP contribution is 2.31. The van der Waals surface area contributed by atoms with Crippen LogP contribution in [0.25, 0.3) is 0 Å². The quantitative estimate of drug-likeness (QED) is 0.600. The summed E-state index contributed by atoms with van der Waals surface area (Å²) < 4.78 is 0. The van der Waals surface area contributed by atoms with E-state index in [2.05, 4.69) is 0 Å². The normalized spacial score (nSPS) is 29.6. The Bertz CT molecular complexity index is 238. The molecule has 3 heteroatoms. The summed E-state index contributed by atoms with van der Waals surface area (Å²) in [5, 5.41) is 8.73. The van der Waals surface area contributed by atoms with Gasteiger partial charge in [0.05, 0.1) is 5.92 Å². The average molecular weight is 168 g/mol. The molecule has 2 atom stereocenters. The van der Waals surface area contributed by atoms with E-state index in [1.807, 2.05) is 6.92 Å². The van der Waals surface area contributed by atoms with Crippen molar-refractivity contribution < 1.29 is 14.7 Å². The van der Waals surface area contributed by atoms with Crippen molar-refractivity contribution in [2.24, 2.45) is 11.8 Å². The van der Waals surface area contributed by atoms with Crippen LogP contribution in [0, 0.1) is 11.8 Å². The molecular formula is C9H12O3. The Labute approximate surface area is 71.1 Å². The first-order valence-corrected chi connectivity index (χ1v) is 4.11. The van der Waals surface area contributed by atoms with Crippen molar-refractivity contribution in [3.05, 3.63) is 5.57 Å². The maximum Gasteiger partial charge on any atom is 0.311 e. The third-order valence-corrected chi connectivity index (χ3v) is 2.37. The highest BCUT2D eigenvalue weighted by molar-refractivity contribution is 5.77. The van der Waals surface area contributed by atoms with E-state index >= 15 is 0 Å². The van der Waals surface area contributed by atoms with E-state index in [-0.39, 0.29) is 0 Å². The predicted molar refractivity (Wildman–Crippen MR) is 43.3 cm³/mol. The lowest BCUT2D eigenvalue weighted by atomic mass is 9.80. The number of carbonyl (C=O) groups excluding carboxylic acids is 1. The van der Waals surface area contributed by atoms with Gasteiger partial charge in [-0.1, -0.05) is 6.92 Å². The maximum atomic E-state index is 10.6. The molecule has 0 radical (unpaired) electrons. The number of rotatable bonds is 1. The second kappa shape index (κ2) is 3.55. The first-order chi connectivity index (χ1) is 5.65. The Hall–Kier alpha value is -1.08. The van der Waals surface area contributed by atoms with Gasteiger partial charge in [0.25, 0.3) is 0 Å². The Kier molecular flexibility index (Phi) is 2.66. The van der Waals surface area contributed by atoms with Crippen LogP contribution in [0.5, 0.6) is 0 Å². The summed E-state index contributed by atoms with van der Waals surface area (Å²) in [4.78, 5) is 21.0. The molecule has 0 heterocycles. The maximum absolute atomic E-state index is 10.6. The zero-order valence-corrected chi connectivity index (χ0v) is 7.04. The molecule has 0 aromatic rings. The van der Waals surface area contributed by atoms with Crippen molar-refractivity contribution in [3.63, 3.8) is 0 Å². The number of carboxylic acid groups (broad SMARTS) is 1. The minimum absolute atomic E-state index is 0.428. The number of aliphatic carboxylic acids is 1. The Balaban J connectivity index is 2.77. The summed E-state index contributed by atoms with van der Waals surface area (Å²) in [6.07, 6.45) is 2.07. The fraction of sp³-hybridized carbons (Fsp3) is 0.667. The molecule has 0 aromatic heterocycles. The van der Waals surface area contributed by atoms with Gasteiger partial charge in [-0.3, -0.25) is 4.79 Å². The zero-order valence-electron chi connectivity index (χ0n) is 7.04. The molecule has 1 saturated carbocycles. The lowest BCUT2D eigenvalue weighted by molar-refractivity contribution is -0.141. The van der Waals surface area contributed by atoms with E-state index < -0.39 is 11.9 Å². The van der Waals surface area contributed by atoms with Crippen LogP contribution < -0.4 is 0 Å². The third kappa shape index (κ3) is 1.74. The van der Waals surface area contributed by atoms with Crippen LogP contribution in [0.2, 0.25) is 0 Å². The Morgan fingerprint density at radius 3 is 2.75 bits per heavy atom. The molecule has 1 fully saturated rings. The summed E-state index contributed by atoms with van der Waals surface area (Å²) in [5.41, 5.74) is 0.432. The van der Waals surface area contributed by atoms with Gasteiger partial charge in [-0.15, -0.1) is 0 Å². The van der Waals surface area contributed by atoms with Gasteiger partial charge in [0, 0.05) is 5.57 Å². The van der Waals surface area contributed by atoms with Gasteiger partial charge in [-0.25, -0.2) is 4.79 Å². The standard InChI is InChI=1S/C9H12O3/c1-6-2-3-8(9(11)12)7(4-6)5-10/h6,8H,2-4H2,1H3,(H,11,12). The van der Waals surface area contributed by atoms with Crippen LogP contribution in [-0.2, 0) is 9.59 Å². The number of carboxylic acids is 1. The fourth-order valence-corrected chi connectivity index (χ4v) is 1.63. The SMILES string of the molecule is CC1CCC(C(=O)O)C(=C=O)C1. The van der Waals surface area contributed by atoms with Crippen LogP contribution >= 0.6 is 0 Å². The lowest BCUT2D eigenvalue weighted by Gasteiger charge is -2.23. The van der Waals surface area contributed by atoms with Crippen LogP contribution in [0.15, 0.2) is 5.57 Å². The van der Waals surface area contributed by atoms with E-state index in [9.17, 15) is 9.59 Å². The van der Waals surface area contributed by atoms with Gasteiger partial charge in [-0.05, 0) is 25.2 Å². The molecule has 1 N–H and O–H groups in total. The molecule has 1 aliphatic rings. The molecule has 66 valence electrons. The number of hydrogen-bond donors (Lipinski definition) is 1. The lowest BCUT2D eigenvalue weighted by Crippen LogP contribution is -2.23. The van der Waals surface area contributed by atoms with Crippen molar-refractivity contribution in [2.45, 2.75) is 26.2 Å². The first kappa shape index (κ1) is 9.01. The minimum Gasteiger partial charge on any atom is -0.481 e. The van der Waals surface area contributed by atoms with E-state index in [0.29, 0.717) is 24.3 Å².